The van der Waals surface area contributed by atoms with Crippen LogP contribution in [0.2, 0.25) is 0 Å². The molecule has 0 saturated carbocycles. The van der Waals surface area contributed by atoms with Crippen molar-refractivity contribution in [3.8, 4) is 0 Å². The van der Waals surface area contributed by atoms with Crippen molar-refractivity contribution in [3.05, 3.63) is 48.0 Å². The molecular formula is C13H15NO2S. The van der Waals surface area contributed by atoms with Gasteiger partial charge in [-0.15, -0.1) is 0 Å². The molecule has 1 atom stereocenters. The third kappa shape index (κ3) is 2.84. The highest BCUT2D eigenvalue weighted by Crippen LogP contribution is 2.25. The minimum Gasteiger partial charge on any atom is -0.229 e. The van der Waals surface area contributed by atoms with E-state index in [9.17, 15) is 8.42 Å². The van der Waals surface area contributed by atoms with Crippen LogP contribution in [0, 0.1) is 0 Å². The van der Waals surface area contributed by atoms with Crippen LogP contribution in [0.5, 0.6) is 0 Å². The quantitative estimate of drug-likeness (QED) is 0.906. The lowest BCUT2D eigenvalue weighted by Crippen LogP contribution is -2.20. The Hall–Kier alpha value is -1.39. The molecule has 0 radical (unpaired) electrons. The van der Waals surface area contributed by atoms with Gasteiger partial charge < -0.3 is 0 Å². The third-order valence-electron chi connectivity index (χ3n) is 2.84. The van der Waals surface area contributed by atoms with Crippen LogP contribution < -0.4 is 5.14 Å². The predicted octanol–water partition coefficient (Wildman–Crippen LogP) is 2.23. The van der Waals surface area contributed by atoms with Crippen molar-refractivity contribution in [3.63, 3.8) is 0 Å². The maximum absolute atomic E-state index is 11.1. The molecule has 0 spiro atoms. The van der Waals surface area contributed by atoms with Gasteiger partial charge in [0.15, 0.2) is 0 Å². The topological polar surface area (TPSA) is 60.2 Å². The molecule has 2 aromatic carbocycles. The number of sulfonamides is 1. The molecule has 4 heteroatoms. The first-order chi connectivity index (χ1) is 7.97. The molecule has 17 heavy (non-hydrogen) atoms. The summed E-state index contributed by atoms with van der Waals surface area (Å²) in [6, 6.07) is 13.9. The van der Waals surface area contributed by atoms with E-state index in [1.54, 1.807) is 0 Å². The van der Waals surface area contributed by atoms with Crippen molar-refractivity contribution in [1.82, 2.24) is 0 Å². The second kappa shape index (κ2) is 4.47. The third-order valence-corrected chi connectivity index (χ3v) is 3.80. The first-order valence-electron chi connectivity index (χ1n) is 5.45. The van der Waals surface area contributed by atoms with E-state index in [0.29, 0.717) is 0 Å². The van der Waals surface area contributed by atoms with Crippen molar-refractivity contribution < 1.29 is 8.42 Å². The van der Waals surface area contributed by atoms with E-state index < -0.39 is 10.0 Å². The van der Waals surface area contributed by atoms with Crippen molar-refractivity contribution in [2.45, 2.75) is 12.8 Å². The molecule has 2 aromatic rings. The smallest absolute Gasteiger partial charge is 0.209 e. The van der Waals surface area contributed by atoms with Gasteiger partial charge in [-0.1, -0.05) is 49.4 Å². The van der Waals surface area contributed by atoms with E-state index in [-0.39, 0.29) is 11.7 Å². The van der Waals surface area contributed by atoms with Gasteiger partial charge in [0.05, 0.1) is 5.75 Å². The molecule has 0 fully saturated rings. The van der Waals surface area contributed by atoms with Crippen molar-refractivity contribution >= 4 is 20.8 Å². The standard InChI is InChI=1S/C13H15NO2S/c1-10(9-17(14,15)16)12-8-4-6-11-5-2-3-7-13(11)12/h2-8,10H,9H2,1H3,(H2,14,15,16). The molecule has 3 nitrogen and oxygen atoms in total. The molecule has 90 valence electrons. The maximum atomic E-state index is 11.1. The Morgan fingerprint density at radius 2 is 1.76 bits per heavy atom. The van der Waals surface area contributed by atoms with Gasteiger partial charge in [0.2, 0.25) is 10.0 Å². The number of benzene rings is 2. The van der Waals surface area contributed by atoms with Crippen LogP contribution in [-0.2, 0) is 10.0 Å². The Kier molecular flexibility index (Phi) is 3.17. The number of hydrogen-bond donors (Lipinski definition) is 1. The number of hydrogen-bond acceptors (Lipinski definition) is 2. The maximum Gasteiger partial charge on any atom is 0.209 e. The van der Waals surface area contributed by atoms with Crippen molar-refractivity contribution in [1.29, 1.82) is 0 Å². The van der Waals surface area contributed by atoms with Crippen LogP contribution in [0.4, 0.5) is 0 Å². The molecule has 0 aromatic heterocycles. The highest BCUT2D eigenvalue weighted by atomic mass is 32.2. The monoisotopic (exact) mass is 249 g/mol. The van der Waals surface area contributed by atoms with Gasteiger partial charge in [-0.3, -0.25) is 0 Å². The Morgan fingerprint density at radius 1 is 1.12 bits per heavy atom. The fourth-order valence-electron chi connectivity index (χ4n) is 2.12. The highest BCUT2D eigenvalue weighted by molar-refractivity contribution is 7.89. The zero-order valence-corrected chi connectivity index (χ0v) is 10.4. The molecule has 0 bridgehead atoms. The van der Waals surface area contributed by atoms with Gasteiger partial charge >= 0.3 is 0 Å². The van der Waals surface area contributed by atoms with Crippen molar-refractivity contribution in [2.24, 2.45) is 5.14 Å². The minimum absolute atomic E-state index is 0.0268. The van der Waals surface area contributed by atoms with E-state index in [1.807, 2.05) is 49.4 Å². The summed E-state index contributed by atoms with van der Waals surface area (Å²) in [6.45, 7) is 1.88. The van der Waals surface area contributed by atoms with Crippen LogP contribution in [0.15, 0.2) is 42.5 Å². The van der Waals surface area contributed by atoms with Crippen LogP contribution in [0.3, 0.4) is 0 Å². The average Bonchev–Trinajstić information content (AvgIpc) is 2.26. The fourth-order valence-corrected chi connectivity index (χ4v) is 2.99. The van der Waals surface area contributed by atoms with E-state index in [1.165, 1.54) is 0 Å². The van der Waals surface area contributed by atoms with Crippen LogP contribution in [-0.4, -0.2) is 14.2 Å². The normalized spacial score (nSPS) is 13.8. The molecule has 0 amide bonds. The van der Waals surface area contributed by atoms with Gasteiger partial charge in [-0.05, 0) is 22.3 Å². The fraction of sp³-hybridized carbons (Fsp3) is 0.231. The SMILES string of the molecule is CC(CS(N)(=O)=O)c1cccc2ccccc12. The molecule has 2 N–H and O–H groups in total. The van der Waals surface area contributed by atoms with Crippen LogP contribution in [0.25, 0.3) is 10.8 Å². The number of rotatable bonds is 3. The average molecular weight is 249 g/mol. The molecule has 0 saturated heterocycles. The molecule has 0 aliphatic carbocycles. The van der Waals surface area contributed by atoms with E-state index >= 15 is 0 Å². The van der Waals surface area contributed by atoms with Crippen molar-refractivity contribution in [2.75, 3.05) is 5.75 Å². The Bertz CT molecular complexity index is 629. The first kappa shape index (κ1) is 12.1. The van der Waals surface area contributed by atoms with Gasteiger partial charge in [0, 0.05) is 0 Å². The minimum atomic E-state index is -3.44. The molecular weight excluding hydrogens is 234 g/mol. The second-order valence-corrected chi connectivity index (χ2v) is 5.96. The zero-order chi connectivity index (χ0) is 12.5. The number of primary sulfonamides is 1. The van der Waals surface area contributed by atoms with Crippen LogP contribution >= 0.6 is 0 Å². The van der Waals surface area contributed by atoms with E-state index in [4.69, 9.17) is 5.14 Å². The summed E-state index contributed by atoms with van der Waals surface area (Å²) in [6.07, 6.45) is 0. The number of nitrogens with two attached hydrogens (primary N) is 1. The van der Waals surface area contributed by atoms with Gasteiger partial charge in [0.1, 0.15) is 0 Å². The van der Waals surface area contributed by atoms with E-state index in [2.05, 4.69) is 0 Å². The summed E-state index contributed by atoms with van der Waals surface area (Å²) in [7, 11) is -3.44. The molecule has 1 unspecified atom stereocenters. The summed E-state index contributed by atoms with van der Waals surface area (Å²) in [4.78, 5) is 0. The molecule has 2 rings (SSSR count). The second-order valence-electron chi connectivity index (χ2n) is 4.30. The highest BCUT2D eigenvalue weighted by Gasteiger charge is 2.14. The van der Waals surface area contributed by atoms with Crippen LogP contribution in [0.1, 0.15) is 18.4 Å². The van der Waals surface area contributed by atoms with E-state index in [0.717, 1.165) is 16.3 Å². The summed E-state index contributed by atoms with van der Waals surface area (Å²) < 4.78 is 22.3. The Labute approximate surface area is 101 Å². The molecule has 0 aliphatic rings. The lowest BCUT2D eigenvalue weighted by atomic mass is 9.96. The lowest BCUT2D eigenvalue weighted by Gasteiger charge is -2.13. The summed E-state index contributed by atoms with van der Waals surface area (Å²) in [5.41, 5.74) is 1.03. The largest absolute Gasteiger partial charge is 0.229 e. The molecule has 0 aliphatic heterocycles. The zero-order valence-electron chi connectivity index (χ0n) is 9.63. The van der Waals surface area contributed by atoms with Gasteiger partial charge in [0.25, 0.3) is 0 Å². The first-order valence-corrected chi connectivity index (χ1v) is 7.17. The van der Waals surface area contributed by atoms with Gasteiger partial charge in [-0.2, -0.15) is 0 Å². The lowest BCUT2D eigenvalue weighted by molar-refractivity contribution is 0.592. The number of fused-ring (bicyclic) bond motifs is 1. The Balaban J connectivity index is 2.48. The predicted molar refractivity (Wildman–Crippen MR) is 70.3 cm³/mol. The molecule has 0 heterocycles. The summed E-state index contributed by atoms with van der Waals surface area (Å²) in [5.74, 6) is -0.128. The summed E-state index contributed by atoms with van der Waals surface area (Å²) in [5, 5.41) is 7.30. The Morgan fingerprint density at radius 3 is 2.47 bits per heavy atom. The van der Waals surface area contributed by atoms with Gasteiger partial charge in [-0.25, -0.2) is 13.6 Å². The summed E-state index contributed by atoms with van der Waals surface area (Å²) >= 11 is 0.